The Bertz CT molecular complexity index is 267. The Labute approximate surface area is 82.7 Å². The van der Waals surface area contributed by atoms with E-state index in [1.54, 1.807) is 12.1 Å². The summed E-state index contributed by atoms with van der Waals surface area (Å²) < 4.78 is 28.5. The Hall–Kier alpha value is -1.12. The molecule has 0 fully saturated rings. The third-order valence-corrected chi connectivity index (χ3v) is 1.92. The monoisotopic (exact) mass is 200 g/mol. The lowest BCUT2D eigenvalue weighted by atomic mass is 10.0. The Morgan fingerprint density at radius 1 is 1.14 bits per heavy atom. The van der Waals surface area contributed by atoms with Gasteiger partial charge in [-0.1, -0.05) is 26.0 Å². The largest absolute Gasteiger partial charge is 0.488 e. The zero-order chi connectivity index (χ0) is 10.6. The molecule has 3 heteroatoms. The molecule has 1 aromatic carbocycles. The summed E-state index contributed by atoms with van der Waals surface area (Å²) in [5, 5.41) is 0. The highest BCUT2D eigenvalue weighted by molar-refractivity contribution is 5.28. The van der Waals surface area contributed by atoms with E-state index in [9.17, 15) is 8.78 Å². The van der Waals surface area contributed by atoms with Crippen molar-refractivity contribution >= 4 is 0 Å². The van der Waals surface area contributed by atoms with Crippen molar-refractivity contribution in [3.05, 3.63) is 29.8 Å². The van der Waals surface area contributed by atoms with Crippen LogP contribution in [-0.2, 0) is 0 Å². The highest BCUT2D eigenvalue weighted by Gasteiger charge is 2.03. The van der Waals surface area contributed by atoms with Crippen LogP contribution >= 0.6 is 0 Å². The Morgan fingerprint density at radius 3 is 2.14 bits per heavy atom. The van der Waals surface area contributed by atoms with E-state index >= 15 is 0 Å². The lowest BCUT2D eigenvalue weighted by Crippen LogP contribution is -2.06. The summed E-state index contributed by atoms with van der Waals surface area (Å²) in [5.74, 6) is 0.939. The van der Waals surface area contributed by atoms with E-state index in [1.165, 1.54) is 5.56 Å². The SMILES string of the molecule is CC(C)c1ccc(OCC(F)F)cc1. The molecule has 0 unspecified atom stereocenters. The van der Waals surface area contributed by atoms with Crippen molar-refractivity contribution in [1.29, 1.82) is 0 Å². The van der Waals surface area contributed by atoms with Gasteiger partial charge in [-0.3, -0.25) is 0 Å². The number of alkyl halides is 2. The molecule has 0 atom stereocenters. The van der Waals surface area contributed by atoms with Crippen LogP contribution < -0.4 is 4.74 Å². The third kappa shape index (κ3) is 3.32. The first-order valence-corrected chi connectivity index (χ1v) is 4.60. The number of hydrogen-bond donors (Lipinski definition) is 0. The van der Waals surface area contributed by atoms with E-state index in [-0.39, 0.29) is 0 Å². The van der Waals surface area contributed by atoms with E-state index in [2.05, 4.69) is 13.8 Å². The summed E-state index contributed by atoms with van der Waals surface area (Å²) in [6.07, 6.45) is -2.42. The molecule has 0 aliphatic carbocycles. The minimum atomic E-state index is -2.42. The summed E-state index contributed by atoms with van der Waals surface area (Å²) in [6, 6.07) is 7.23. The van der Waals surface area contributed by atoms with Crippen molar-refractivity contribution in [2.75, 3.05) is 6.61 Å². The highest BCUT2D eigenvalue weighted by atomic mass is 19.3. The van der Waals surface area contributed by atoms with Crippen LogP contribution in [0.5, 0.6) is 5.75 Å². The van der Waals surface area contributed by atoms with Crippen LogP contribution in [0.1, 0.15) is 25.3 Å². The van der Waals surface area contributed by atoms with Gasteiger partial charge in [0.05, 0.1) is 0 Å². The average molecular weight is 200 g/mol. The first kappa shape index (κ1) is 11.0. The molecular formula is C11H14F2O. The topological polar surface area (TPSA) is 9.23 Å². The molecule has 1 rings (SSSR count). The number of halogens is 2. The first-order valence-electron chi connectivity index (χ1n) is 4.60. The second kappa shape index (κ2) is 4.94. The van der Waals surface area contributed by atoms with Crippen LogP contribution in [0.15, 0.2) is 24.3 Å². The molecule has 1 nitrogen and oxygen atoms in total. The van der Waals surface area contributed by atoms with Gasteiger partial charge in [-0.15, -0.1) is 0 Å². The molecule has 78 valence electrons. The number of rotatable bonds is 4. The van der Waals surface area contributed by atoms with Crippen LogP contribution in [0.3, 0.4) is 0 Å². The second-order valence-electron chi connectivity index (χ2n) is 3.43. The molecule has 0 bridgehead atoms. The Kier molecular flexibility index (Phi) is 3.86. The fraction of sp³-hybridized carbons (Fsp3) is 0.455. The molecule has 0 saturated heterocycles. The molecule has 0 amide bonds. The summed E-state index contributed by atoms with van der Waals surface area (Å²) in [4.78, 5) is 0. The normalized spacial score (nSPS) is 11.0. The van der Waals surface area contributed by atoms with Gasteiger partial charge in [-0.25, -0.2) is 8.78 Å². The third-order valence-electron chi connectivity index (χ3n) is 1.92. The summed E-state index contributed by atoms with van der Waals surface area (Å²) in [5.41, 5.74) is 1.18. The number of ether oxygens (including phenoxy) is 1. The summed E-state index contributed by atoms with van der Waals surface area (Å²) in [7, 11) is 0. The molecule has 0 aliphatic heterocycles. The quantitative estimate of drug-likeness (QED) is 0.723. The molecule has 0 heterocycles. The molecular weight excluding hydrogens is 186 g/mol. The Morgan fingerprint density at radius 2 is 1.71 bits per heavy atom. The Balaban J connectivity index is 2.55. The molecule has 0 aliphatic rings. The maximum absolute atomic E-state index is 11.8. The van der Waals surface area contributed by atoms with Crippen LogP contribution in [0.2, 0.25) is 0 Å². The molecule has 14 heavy (non-hydrogen) atoms. The standard InChI is InChI=1S/C11H14F2O/c1-8(2)9-3-5-10(6-4-9)14-7-11(12)13/h3-6,8,11H,7H2,1-2H3. The van der Waals surface area contributed by atoms with Crippen LogP contribution in [0.4, 0.5) is 8.78 Å². The number of benzene rings is 1. The van der Waals surface area contributed by atoms with E-state index in [0.717, 1.165) is 0 Å². The predicted molar refractivity (Wildman–Crippen MR) is 52.0 cm³/mol. The van der Waals surface area contributed by atoms with E-state index in [1.807, 2.05) is 12.1 Å². The average Bonchev–Trinajstić information content (AvgIpc) is 2.15. The molecule has 0 saturated carbocycles. The van der Waals surface area contributed by atoms with Gasteiger partial charge in [-0.05, 0) is 23.6 Å². The van der Waals surface area contributed by atoms with E-state index in [4.69, 9.17) is 4.74 Å². The van der Waals surface area contributed by atoms with Gasteiger partial charge in [0.2, 0.25) is 0 Å². The maximum atomic E-state index is 11.8. The van der Waals surface area contributed by atoms with Gasteiger partial charge in [0.25, 0.3) is 6.43 Å². The molecule has 0 spiro atoms. The van der Waals surface area contributed by atoms with Crippen molar-refractivity contribution in [3.8, 4) is 5.75 Å². The fourth-order valence-electron chi connectivity index (χ4n) is 1.11. The van der Waals surface area contributed by atoms with Crippen LogP contribution in [0.25, 0.3) is 0 Å². The van der Waals surface area contributed by atoms with Crippen molar-refractivity contribution in [2.45, 2.75) is 26.2 Å². The summed E-state index contributed by atoms with van der Waals surface area (Å²) in [6.45, 7) is 3.62. The van der Waals surface area contributed by atoms with Crippen LogP contribution in [0, 0.1) is 0 Å². The van der Waals surface area contributed by atoms with Crippen molar-refractivity contribution in [2.24, 2.45) is 0 Å². The predicted octanol–water partition coefficient (Wildman–Crippen LogP) is 3.45. The fourth-order valence-corrected chi connectivity index (χ4v) is 1.11. The highest BCUT2D eigenvalue weighted by Crippen LogP contribution is 2.18. The minimum Gasteiger partial charge on any atom is -0.488 e. The molecule has 0 N–H and O–H groups in total. The van der Waals surface area contributed by atoms with Gasteiger partial charge in [-0.2, -0.15) is 0 Å². The zero-order valence-electron chi connectivity index (χ0n) is 8.34. The van der Waals surface area contributed by atoms with Gasteiger partial charge in [0, 0.05) is 0 Å². The van der Waals surface area contributed by atoms with Gasteiger partial charge >= 0.3 is 0 Å². The lowest BCUT2D eigenvalue weighted by molar-refractivity contribution is 0.0819. The first-order chi connectivity index (χ1) is 6.59. The maximum Gasteiger partial charge on any atom is 0.272 e. The van der Waals surface area contributed by atoms with E-state index in [0.29, 0.717) is 11.7 Å². The molecule has 0 radical (unpaired) electrons. The minimum absolute atomic E-state index is 0.444. The number of hydrogen-bond acceptors (Lipinski definition) is 1. The van der Waals surface area contributed by atoms with Gasteiger partial charge < -0.3 is 4.74 Å². The van der Waals surface area contributed by atoms with Gasteiger partial charge in [0.1, 0.15) is 12.4 Å². The van der Waals surface area contributed by atoms with Crippen LogP contribution in [-0.4, -0.2) is 13.0 Å². The van der Waals surface area contributed by atoms with E-state index < -0.39 is 13.0 Å². The molecule has 1 aromatic rings. The van der Waals surface area contributed by atoms with Crippen molar-refractivity contribution in [3.63, 3.8) is 0 Å². The smallest absolute Gasteiger partial charge is 0.272 e. The molecule has 0 aromatic heterocycles. The van der Waals surface area contributed by atoms with Crippen molar-refractivity contribution < 1.29 is 13.5 Å². The summed E-state index contributed by atoms with van der Waals surface area (Å²) >= 11 is 0. The zero-order valence-corrected chi connectivity index (χ0v) is 8.34. The lowest BCUT2D eigenvalue weighted by Gasteiger charge is -2.08. The van der Waals surface area contributed by atoms with Gasteiger partial charge in [0.15, 0.2) is 0 Å². The second-order valence-corrected chi connectivity index (χ2v) is 3.43. The van der Waals surface area contributed by atoms with Crippen molar-refractivity contribution in [1.82, 2.24) is 0 Å².